The van der Waals surface area contributed by atoms with Gasteiger partial charge in [-0.1, -0.05) is 11.6 Å². The van der Waals surface area contributed by atoms with Gasteiger partial charge in [0.2, 0.25) is 0 Å². The molecule has 6 heteroatoms. The number of rotatable bonds is 3. The lowest BCUT2D eigenvalue weighted by Gasteiger charge is -2.59. The highest BCUT2D eigenvalue weighted by Gasteiger charge is 2.65. The highest BCUT2D eigenvalue weighted by atomic mass is 35.5. The van der Waals surface area contributed by atoms with Crippen LogP contribution >= 0.6 is 34.8 Å². The summed E-state index contributed by atoms with van der Waals surface area (Å²) in [6.45, 7) is 3.00. The first-order chi connectivity index (χ1) is 7.05. The van der Waals surface area contributed by atoms with E-state index in [1.165, 1.54) is 0 Å². The molecule has 3 fully saturated rings. The predicted octanol–water partition coefficient (Wildman–Crippen LogP) is 1.94. The summed E-state index contributed by atoms with van der Waals surface area (Å²) in [5.74, 6) is 0.764. The molecule has 3 aliphatic rings. The zero-order chi connectivity index (χ0) is 11.2. The van der Waals surface area contributed by atoms with E-state index in [0.717, 1.165) is 13.1 Å². The van der Waals surface area contributed by atoms with Gasteiger partial charge in [-0.15, -0.1) is 27.9 Å². The minimum Gasteiger partial charge on any atom is -0.290 e. The molecule has 0 atom stereocenters. The molecule has 0 saturated carbocycles. The molecule has 0 aromatic rings. The Bertz CT molecular complexity index is 250. The molecule has 0 N–H and O–H groups in total. The Labute approximate surface area is 105 Å². The number of piperazine rings is 3. The Kier molecular flexibility index (Phi) is 3.15. The quantitative estimate of drug-likeness (QED) is 0.320. The second kappa shape index (κ2) is 3.88. The van der Waals surface area contributed by atoms with Gasteiger partial charge in [0.1, 0.15) is 13.1 Å². The minimum absolute atomic E-state index is 0.379. The first-order valence-electron chi connectivity index (χ1n) is 5.15. The number of hydrogen-bond donors (Lipinski definition) is 0. The van der Waals surface area contributed by atoms with Gasteiger partial charge in [0.15, 0.2) is 31.2 Å². The van der Waals surface area contributed by atoms with Gasteiger partial charge in [-0.25, -0.2) is 0 Å². The summed E-state index contributed by atoms with van der Waals surface area (Å²) in [6, 6.07) is 0.486. The fourth-order valence-electron chi connectivity index (χ4n) is 2.89. The van der Waals surface area contributed by atoms with Crippen LogP contribution in [0.25, 0.3) is 0 Å². The van der Waals surface area contributed by atoms with Gasteiger partial charge in [0.25, 0.3) is 0 Å². The number of nitrogens with zero attached hydrogens (tertiary/aromatic N) is 2. The summed E-state index contributed by atoms with van der Waals surface area (Å²) in [7, 11) is 0. The molecular formula is C9H16Cl3FN2+2. The average Bonchev–Trinajstić information content (AvgIpc) is 2.29. The summed E-state index contributed by atoms with van der Waals surface area (Å²) in [5, 5.41) is 0. The van der Waals surface area contributed by atoms with E-state index in [4.69, 9.17) is 34.8 Å². The van der Waals surface area contributed by atoms with Gasteiger partial charge in [0, 0.05) is 0 Å². The van der Waals surface area contributed by atoms with E-state index in [2.05, 4.69) is 0 Å². The van der Waals surface area contributed by atoms with Crippen molar-refractivity contribution >= 4 is 34.8 Å². The number of quaternary nitrogens is 2. The zero-order valence-corrected chi connectivity index (χ0v) is 10.8. The molecule has 3 aliphatic heterocycles. The Hall–Kier alpha value is 0.720. The van der Waals surface area contributed by atoms with Crippen LogP contribution in [-0.4, -0.2) is 65.2 Å². The summed E-state index contributed by atoms with van der Waals surface area (Å²) < 4.78 is 14.6. The van der Waals surface area contributed by atoms with E-state index in [0.29, 0.717) is 41.9 Å². The van der Waals surface area contributed by atoms with Crippen molar-refractivity contribution in [2.75, 3.05) is 50.5 Å². The molecule has 0 amide bonds. The van der Waals surface area contributed by atoms with Crippen LogP contribution < -0.4 is 0 Å². The molecule has 0 aromatic heterocycles. The molecule has 0 radical (unpaired) electrons. The summed E-state index contributed by atoms with van der Waals surface area (Å²) in [5.41, 5.74) is -0.379. The average molecular weight is 278 g/mol. The highest BCUT2D eigenvalue weighted by Crippen LogP contribution is 2.41. The molecule has 0 aromatic carbocycles. The monoisotopic (exact) mass is 276 g/mol. The van der Waals surface area contributed by atoms with Crippen LogP contribution in [0.15, 0.2) is 0 Å². The standard InChI is InChI=1S/C9H16Cl3FN2/c10-5-9(6-11)7-15(13)3-1-14(9,8-12)2-4-15/h1-8H2/q+2. The lowest BCUT2D eigenvalue weighted by Crippen LogP contribution is -2.83. The molecule has 3 heterocycles. The summed E-state index contributed by atoms with van der Waals surface area (Å²) >= 11 is 18.1. The topological polar surface area (TPSA) is 0 Å². The van der Waals surface area contributed by atoms with Crippen LogP contribution in [-0.2, 0) is 0 Å². The first kappa shape index (κ1) is 12.2. The molecule has 2 bridgehead atoms. The third-order valence-electron chi connectivity index (χ3n) is 4.17. The van der Waals surface area contributed by atoms with Crippen molar-refractivity contribution < 1.29 is 13.7 Å². The first-order valence-corrected chi connectivity index (χ1v) is 6.76. The molecular weight excluding hydrogens is 261 g/mol. The maximum Gasteiger partial charge on any atom is 0.180 e. The van der Waals surface area contributed by atoms with Crippen molar-refractivity contribution in [2.45, 2.75) is 5.54 Å². The van der Waals surface area contributed by atoms with Gasteiger partial charge < -0.3 is 0 Å². The maximum atomic E-state index is 14.3. The van der Waals surface area contributed by atoms with Gasteiger partial charge in [0.05, 0.1) is 11.8 Å². The molecule has 0 unspecified atom stereocenters. The van der Waals surface area contributed by atoms with Crippen molar-refractivity contribution in [3.63, 3.8) is 0 Å². The molecule has 2 nitrogen and oxygen atoms in total. The Morgan fingerprint density at radius 2 is 1.53 bits per heavy atom. The molecule has 88 valence electrons. The normalized spacial score (nSPS) is 43.2. The molecule has 0 aliphatic carbocycles. The van der Waals surface area contributed by atoms with E-state index in [1.807, 2.05) is 0 Å². The third-order valence-corrected chi connectivity index (χ3v) is 5.62. The van der Waals surface area contributed by atoms with E-state index < -0.39 is 0 Å². The maximum absolute atomic E-state index is 14.3. The smallest absolute Gasteiger partial charge is 0.180 e. The Balaban J connectivity index is 2.36. The highest BCUT2D eigenvalue weighted by molar-refractivity contribution is 6.22. The van der Waals surface area contributed by atoms with Gasteiger partial charge in [-0.05, 0) is 4.48 Å². The zero-order valence-electron chi connectivity index (χ0n) is 8.56. The third kappa shape index (κ3) is 1.59. The van der Waals surface area contributed by atoms with Crippen LogP contribution in [0.3, 0.4) is 0 Å². The molecule has 3 saturated heterocycles. The van der Waals surface area contributed by atoms with Crippen LogP contribution in [0.1, 0.15) is 0 Å². The van der Waals surface area contributed by atoms with Crippen LogP contribution in [0.5, 0.6) is 0 Å². The summed E-state index contributed by atoms with van der Waals surface area (Å²) in [6.07, 6.45) is 0. The van der Waals surface area contributed by atoms with Crippen LogP contribution in [0.4, 0.5) is 4.48 Å². The fraction of sp³-hybridized carbons (Fsp3) is 1.00. The molecule has 15 heavy (non-hydrogen) atoms. The van der Waals surface area contributed by atoms with Crippen LogP contribution in [0.2, 0.25) is 0 Å². The van der Waals surface area contributed by atoms with Crippen molar-refractivity contribution in [1.29, 1.82) is 0 Å². The lowest BCUT2D eigenvalue weighted by atomic mass is 9.91. The second-order valence-electron chi connectivity index (χ2n) is 4.84. The van der Waals surface area contributed by atoms with Crippen molar-refractivity contribution in [3.8, 4) is 0 Å². The lowest BCUT2D eigenvalue weighted by molar-refractivity contribution is -1.17. The van der Waals surface area contributed by atoms with Crippen molar-refractivity contribution in [2.24, 2.45) is 0 Å². The Morgan fingerprint density at radius 1 is 1.00 bits per heavy atom. The largest absolute Gasteiger partial charge is 0.290 e. The molecule has 0 spiro atoms. The fourth-order valence-corrected chi connectivity index (χ4v) is 4.35. The van der Waals surface area contributed by atoms with Crippen LogP contribution in [0, 0.1) is 0 Å². The number of alkyl halides is 3. The second-order valence-corrected chi connectivity index (χ2v) is 5.61. The van der Waals surface area contributed by atoms with E-state index in [9.17, 15) is 4.48 Å². The van der Waals surface area contributed by atoms with Crippen molar-refractivity contribution in [1.82, 2.24) is 0 Å². The summed E-state index contributed by atoms with van der Waals surface area (Å²) in [4.78, 5) is 0. The minimum atomic E-state index is -0.379. The van der Waals surface area contributed by atoms with Gasteiger partial charge in [-0.3, -0.25) is 4.48 Å². The number of hydrogen-bond acceptors (Lipinski definition) is 0. The number of halogens is 4. The SMILES string of the molecule is F[N+]12CC[N+](CCl)(CC1)C(CCl)(CCl)C2. The number of fused-ring (bicyclic) bond motifs is 3. The van der Waals surface area contributed by atoms with E-state index in [-0.39, 0.29) is 10.2 Å². The van der Waals surface area contributed by atoms with Gasteiger partial charge >= 0.3 is 0 Å². The van der Waals surface area contributed by atoms with Crippen molar-refractivity contribution in [3.05, 3.63) is 0 Å². The van der Waals surface area contributed by atoms with E-state index in [1.54, 1.807) is 0 Å². The Morgan fingerprint density at radius 3 is 1.93 bits per heavy atom. The van der Waals surface area contributed by atoms with Gasteiger partial charge in [-0.2, -0.15) is 0 Å². The predicted molar refractivity (Wildman–Crippen MR) is 60.9 cm³/mol. The van der Waals surface area contributed by atoms with E-state index >= 15 is 0 Å². The molecule has 3 rings (SSSR count).